The van der Waals surface area contributed by atoms with E-state index >= 15 is 0 Å². The van der Waals surface area contributed by atoms with Gasteiger partial charge < -0.3 is 5.32 Å². The van der Waals surface area contributed by atoms with Crippen molar-refractivity contribution in [1.82, 2.24) is 10.2 Å². The molecule has 2 rings (SSSR count). The number of thiophene rings is 1. The summed E-state index contributed by atoms with van der Waals surface area (Å²) in [5.74, 6) is 0.720. The van der Waals surface area contributed by atoms with Crippen molar-refractivity contribution in [1.29, 1.82) is 0 Å². The highest BCUT2D eigenvalue weighted by atomic mass is 32.1. The average molecular weight is 295 g/mol. The lowest BCUT2D eigenvalue weighted by Gasteiger charge is -2.49. The van der Waals surface area contributed by atoms with Crippen molar-refractivity contribution in [3.8, 4) is 0 Å². The Morgan fingerprint density at radius 1 is 1.40 bits per heavy atom. The van der Waals surface area contributed by atoms with Gasteiger partial charge in [-0.25, -0.2) is 0 Å². The molecule has 0 spiro atoms. The first-order valence-corrected chi connectivity index (χ1v) is 8.99. The van der Waals surface area contributed by atoms with Crippen LogP contribution in [0, 0.1) is 5.92 Å². The first-order valence-electron chi connectivity index (χ1n) is 8.11. The Balaban J connectivity index is 2.02. The Kier molecular flexibility index (Phi) is 5.65. The van der Waals surface area contributed by atoms with E-state index in [2.05, 4.69) is 55.4 Å². The third kappa shape index (κ3) is 3.63. The maximum atomic E-state index is 3.85. The maximum absolute atomic E-state index is 3.85. The molecule has 0 aliphatic carbocycles. The van der Waals surface area contributed by atoms with Crippen LogP contribution in [0.25, 0.3) is 0 Å². The standard InChI is InChI=1S/C17H30N2S/c1-5-17(6-2)13-19(16(12-18-17)14(3)4)10-9-15-8-7-11-20-15/h7-8,11,14,16,18H,5-6,9-10,12-13H2,1-4H3. The van der Waals surface area contributed by atoms with Crippen LogP contribution >= 0.6 is 11.3 Å². The Hall–Kier alpha value is -0.380. The van der Waals surface area contributed by atoms with Crippen LogP contribution in [0.3, 0.4) is 0 Å². The molecule has 1 unspecified atom stereocenters. The SMILES string of the molecule is CCC1(CC)CN(CCc2cccs2)C(C(C)C)CN1. The van der Waals surface area contributed by atoms with Gasteiger partial charge in [-0.05, 0) is 36.6 Å². The summed E-state index contributed by atoms with van der Waals surface area (Å²) in [7, 11) is 0. The van der Waals surface area contributed by atoms with Crippen molar-refractivity contribution in [2.24, 2.45) is 5.92 Å². The Morgan fingerprint density at radius 2 is 2.15 bits per heavy atom. The smallest absolute Gasteiger partial charge is 0.0304 e. The molecule has 1 fully saturated rings. The summed E-state index contributed by atoms with van der Waals surface area (Å²) < 4.78 is 0. The molecule has 2 nitrogen and oxygen atoms in total. The van der Waals surface area contributed by atoms with Gasteiger partial charge in [0, 0.05) is 36.1 Å². The second-order valence-electron chi connectivity index (χ2n) is 6.48. The fraction of sp³-hybridized carbons (Fsp3) is 0.765. The zero-order chi connectivity index (χ0) is 14.6. The molecule has 1 aromatic rings. The molecule has 1 N–H and O–H groups in total. The lowest BCUT2D eigenvalue weighted by atomic mass is 9.86. The minimum Gasteiger partial charge on any atom is -0.308 e. The van der Waals surface area contributed by atoms with Crippen LogP contribution < -0.4 is 5.32 Å². The number of nitrogens with zero attached hydrogens (tertiary/aromatic N) is 1. The molecule has 1 saturated heterocycles. The van der Waals surface area contributed by atoms with E-state index in [4.69, 9.17) is 0 Å². The fourth-order valence-corrected chi connectivity index (χ4v) is 4.04. The molecule has 1 atom stereocenters. The van der Waals surface area contributed by atoms with E-state index in [0.29, 0.717) is 11.6 Å². The van der Waals surface area contributed by atoms with Gasteiger partial charge in [0.15, 0.2) is 0 Å². The number of hydrogen-bond donors (Lipinski definition) is 1. The molecular weight excluding hydrogens is 264 g/mol. The molecule has 1 aliphatic heterocycles. The van der Waals surface area contributed by atoms with Gasteiger partial charge in [0.2, 0.25) is 0 Å². The summed E-state index contributed by atoms with van der Waals surface area (Å²) in [5.41, 5.74) is 0.334. The summed E-state index contributed by atoms with van der Waals surface area (Å²) >= 11 is 1.89. The second kappa shape index (κ2) is 7.06. The Bertz CT molecular complexity index is 382. The lowest BCUT2D eigenvalue weighted by Crippen LogP contribution is -2.65. The van der Waals surface area contributed by atoms with Crippen molar-refractivity contribution < 1.29 is 0 Å². The molecule has 2 heterocycles. The van der Waals surface area contributed by atoms with E-state index in [1.165, 1.54) is 37.2 Å². The monoisotopic (exact) mass is 294 g/mol. The van der Waals surface area contributed by atoms with Crippen molar-refractivity contribution in [3.05, 3.63) is 22.4 Å². The predicted molar refractivity (Wildman–Crippen MR) is 89.5 cm³/mol. The van der Waals surface area contributed by atoms with Crippen LogP contribution in [0.5, 0.6) is 0 Å². The van der Waals surface area contributed by atoms with Crippen LogP contribution in [0.4, 0.5) is 0 Å². The lowest BCUT2D eigenvalue weighted by molar-refractivity contribution is 0.0516. The van der Waals surface area contributed by atoms with Crippen molar-refractivity contribution >= 4 is 11.3 Å². The van der Waals surface area contributed by atoms with Gasteiger partial charge in [0.1, 0.15) is 0 Å². The number of piperazine rings is 1. The molecule has 1 aliphatic rings. The molecule has 0 saturated carbocycles. The highest BCUT2D eigenvalue weighted by Gasteiger charge is 2.37. The van der Waals surface area contributed by atoms with Gasteiger partial charge in [-0.15, -0.1) is 11.3 Å². The quantitative estimate of drug-likeness (QED) is 0.859. The second-order valence-corrected chi connectivity index (χ2v) is 7.51. The largest absolute Gasteiger partial charge is 0.308 e. The van der Waals surface area contributed by atoms with Crippen molar-refractivity contribution in [3.63, 3.8) is 0 Å². The first-order chi connectivity index (χ1) is 9.60. The van der Waals surface area contributed by atoms with Gasteiger partial charge in [0.25, 0.3) is 0 Å². The summed E-state index contributed by atoms with van der Waals surface area (Å²) in [4.78, 5) is 4.26. The molecule has 20 heavy (non-hydrogen) atoms. The zero-order valence-corrected chi connectivity index (χ0v) is 14.3. The molecular formula is C17H30N2S. The van der Waals surface area contributed by atoms with E-state index < -0.39 is 0 Å². The molecule has 3 heteroatoms. The minimum absolute atomic E-state index is 0.334. The number of hydrogen-bond acceptors (Lipinski definition) is 3. The highest BCUT2D eigenvalue weighted by molar-refractivity contribution is 7.09. The van der Waals surface area contributed by atoms with Gasteiger partial charge in [0.05, 0.1) is 0 Å². The van der Waals surface area contributed by atoms with E-state index in [1.54, 1.807) is 0 Å². The zero-order valence-electron chi connectivity index (χ0n) is 13.5. The molecule has 1 aromatic heterocycles. The highest BCUT2D eigenvalue weighted by Crippen LogP contribution is 2.26. The summed E-state index contributed by atoms with van der Waals surface area (Å²) in [6.45, 7) is 12.9. The molecule has 0 bridgehead atoms. The fourth-order valence-electron chi connectivity index (χ4n) is 3.35. The van der Waals surface area contributed by atoms with Crippen LogP contribution in [-0.4, -0.2) is 36.1 Å². The predicted octanol–water partition coefficient (Wildman–Crippen LogP) is 3.78. The molecule has 0 aromatic carbocycles. The van der Waals surface area contributed by atoms with Crippen molar-refractivity contribution in [2.45, 2.75) is 58.5 Å². The third-order valence-electron chi connectivity index (χ3n) is 5.01. The first kappa shape index (κ1) is 16.0. The topological polar surface area (TPSA) is 15.3 Å². The van der Waals surface area contributed by atoms with Crippen LogP contribution in [0.2, 0.25) is 0 Å². The maximum Gasteiger partial charge on any atom is 0.0304 e. The van der Waals surface area contributed by atoms with Gasteiger partial charge in [-0.3, -0.25) is 4.90 Å². The van der Waals surface area contributed by atoms with Gasteiger partial charge >= 0.3 is 0 Å². The van der Waals surface area contributed by atoms with Crippen LogP contribution in [0.1, 0.15) is 45.4 Å². The molecule has 0 radical (unpaired) electrons. The normalized spacial score (nSPS) is 23.4. The van der Waals surface area contributed by atoms with E-state index in [-0.39, 0.29) is 0 Å². The van der Waals surface area contributed by atoms with E-state index in [9.17, 15) is 0 Å². The minimum atomic E-state index is 0.334. The molecule has 0 amide bonds. The molecule has 114 valence electrons. The van der Waals surface area contributed by atoms with E-state index in [0.717, 1.165) is 12.5 Å². The Morgan fingerprint density at radius 3 is 2.70 bits per heavy atom. The van der Waals surface area contributed by atoms with Crippen molar-refractivity contribution in [2.75, 3.05) is 19.6 Å². The average Bonchev–Trinajstić information content (AvgIpc) is 2.97. The van der Waals surface area contributed by atoms with Crippen LogP contribution in [-0.2, 0) is 6.42 Å². The summed E-state index contributed by atoms with van der Waals surface area (Å²) in [5, 5.41) is 6.04. The number of rotatable bonds is 6. The summed E-state index contributed by atoms with van der Waals surface area (Å²) in [6, 6.07) is 5.12. The van der Waals surface area contributed by atoms with Crippen LogP contribution in [0.15, 0.2) is 17.5 Å². The van der Waals surface area contributed by atoms with Gasteiger partial charge in [-0.1, -0.05) is 33.8 Å². The third-order valence-corrected chi connectivity index (χ3v) is 5.95. The van der Waals surface area contributed by atoms with Gasteiger partial charge in [-0.2, -0.15) is 0 Å². The number of nitrogens with one attached hydrogen (secondary N) is 1. The van der Waals surface area contributed by atoms with E-state index in [1.807, 2.05) is 11.3 Å². The Labute approximate surface area is 128 Å². The summed E-state index contributed by atoms with van der Waals surface area (Å²) in [6.07, 6.45) is 3.65.